The first-order valence-corrected chi connectivity index (χ1v) is 24.1. The summed E-state index contributed by atoms with van der Waals surface area (Å²) >= 11 is 0. The molecule has 8 atom stereocenters. The maximum atomic E-state index is 13.2. The van der Waals surface area contributed by atoms with Gasteiger partial charge >= 0.3 is 0 Å². The average Bonchev–Trinajstić information content (AvgIpc) is 3.97. The summed E-state index contributed by atoms with van der Waals surface area (Å²) in [5.41, 5.74) is 3.65. The number of hydrogen-bond acceptors (Lipinski definition) is 13. The monoisotopic (exact) mass is 927 g/mol. The van der Waals surface area contributed by atoms with Crippen molar-refractivity contribution in [2.45, 2.75) is 100 Å². The Morgan fingerprint density at radius 3 is 2.46 bits per heavy atom. The van der Waals surface area contributed by atoms with Crippen LogP contribution in [0.3, 0.4) is 0 Å². The normalized spacial score (nSPS) is 26.5. The van der Waals surface area contributed by atoms with Crippen LogP contribution in [0.15, 0.2) is 78.9 Å². The van der Waals surface area contributed by atoms with Crippen LogP contribution in [0.2, 0.25) is 0 Å². The lowest BCUT2D eigenvalue weighted by molar-refractivity contribution is -0.158. The van der Waals surface area contributed by atoms with E-state index in [0.29, 0.717) is 84.6 Å². The van der Waals surface area contributed by atoms with Crippen molar-refractivity contribution >= 4 is 10.8 Å². The molecule has 0 amide bonds. The van der Waals surface area contributed by atoms with Crippen LogP contribution in [0.4, 0.5) is 0 Å². The van der Waals surface area contributed by atoms with Crippen LogP contribution in [0.25, 0.3) is 21.9 Å². The Kier molecular flexibility index (Phi) is 13.3. The summed E-state index contributed by atoms with van der Waals surface area (Å²) in [4.78, 5) is 0. The lowest BCUT2D eigenvalue weighted by atomic mass is 9.72. The van der Waals surface area contributed by atoms with E-state index in [4.69, 9.17) is 28.4 Å². The third kappa shape index (κ3) is 8.90. The molecule has 0 spiro atoms. The van der Waals surface area contributed by atoms with Crippen molar-refractivity contribution in [2.24, 2.45) is 17.8 Å². The quantitative estimate of drug-likeness (QED) is 0.0343. The molecule has 358 valence electrons. The zero-order chi connectivity index (χ0) is 46.9. The maximum Gasteiger partial charge on any atom is 0.149 e. The topological polar surface area (TPSA) is 189 Å². The minimum Gasteiger partial charge on any atom is -0.508 e. The smallest absolute Gasteiger partial charge is 0.149 e. The van der Waals surface area contributed by atoms with Crippen molar-refractivity contribution in [1.29, 1.82) is 0 Å². The number of ether oxygens (including phenoxy) is 6. The minimum absolute atomic E-state index is 0.0246. The molecule has 2 aliphatic carbocycles. The van der Waals surface area contributed by atoms with Gasteiger partial charge in [0.2, 0.25) is 0 Å². The second-order valence-corrected chi connectivity index (χ2v) is 19.2. The number of phenolic OH excluding ortho intramolecular Hbond substituents is 3. The van der Waals surface area contributed by atoms with Gasteiger partial charge in [-0.05, 0) is 129 Å². The number of phenols is 3. The van der Waals surface area contributed by atoms with Crippen LogP contribution in [-0.2, 0) is 15.9 Å². The molecule has 0 aromatic heterocycles. The second kappa shape index (κ2) is 19.7. The highest BCUT2D eigenvalue weighted by Gasteiger charge is 2.55. The predicted octanol–water partition coefficient (Wildman–Crippen LogP) is 7.97. The molecular weight excluding hydrogens is 867 g/mol. The molecule has 13 nitrogen and oxygen atoms in total. The number of aromatic hydroxyl groups is 3. The molecule has 5 aliphatic rings. The van der Waals surface area contributed by atoms with Crippen LogP contribution in [0.5, 0.6) is 40.2 Å². The third-order valence-corrected chi connectivity index (χ3v) is 15.0. The van der Waals surface area contributed by atoms with Gasteiger partial charge in [-0.15, -0.1) is 0 Å². The van der Waals surface area contributed by atoms with Gasteiger partial charge in [-0.3, -0.25) is 5.32 Å². The molecule has 2 fully saturated rings. The Hall–Kier alpha value is -5.72. The summed E-state index contributed by atoms with van der Waals surface area (Å²) in [6.45, 7) is 0.177. The van der Waals surface area contributed by atoms with Crippen molar-refractivity contribution in [1.82, 2.24) is 5.32 Å². The maximum absolute atomic E-state index is 13.2. The van der Waals surface area contributed by atoms with E-state index < -0.39 is 41.8 Å². The zero-order valence-electron chi connectivity index (χ0n) is 38.4. The van der Waals surface area contributed by atoms with Gasteiger partial charge in [0.05, 0.1) is 43.3 Å². The number of methoxy groups -OCH3 is 1. The van der Waals surface area contributed by atoms with Crippen LogP contribution in [0.1, 0.15) is 92.2 Å². The van der Waals surface area contributed by atoms with Crippen LogP contribution in [-0.4, -0.2) is 94.8 Å². The predicted molar refractivity (Wildman–Crippen MR) is 254 cm³/mol. The molecule has 2 saturated carbocycles. The zero-order valence-corrected chi connectivity index (χ0v) is 38.4. The van der Waals surface area contributed by atoms with Crippen molar-refractivity contribution in [3.05, 3.63) is 101 Å². The highest BCUT2D eigenvalue weighted by Crippen LogP contribution is 2.57. The van der Waals surface area contributed by atoms with Crippen molar-refractivity contribution in [3.63, 3.8) is 0 Å². The Morgan fingerprint density at radius 2 is 1.65 bits per heavy atom. The molecular formula is C55H61NO12. The van der Waals surface area contributed by atoms with E-state index in [0.717, 1.165) is 53.3 Å². The molecule has 3 heterocycles. The fourth-order valence-electron chi connectivity index (χ4n) is 11.8. The molecule has 2 bridgehead atoms. The molecule has 3 aliphatic heterocycles. The lowest BCUT2D eigenvalue weighted by Gasteiger charge is -2.49. The molecule has 5 aromatic carbocycles. The summed E-state index contributed by atoms with van der Waals surface area (Å²) < 4.78 is 40.4. The SMILES string of the molecule is COCCC[C@@H]1Oc2c3cc(c4cc(O)ccc24)OCC#CC[C@@]2(NCO)CC[C@H](CO)[C@@H]2O[C@@H]3[C@@H]1[C@H]1COc2c(Cc3cc(O)ccc3-c3cccc(O)c3)cc(OC3CCCC3)cc2[C@H]1O. The number of nitrogens with one attached hydrogen (secondary N) is 1. The van der Waals surface area contributed by atoms with E-state index in [1.807, 2.05) is 36.4 Å². The van der Waals surface area contributed by atoms with E-state index in [1.165, 1.54) is 0 Å². The van der Waals surface area contributed by atoms with Gasteiger partial charge in [0, 0.05) is 78.4 Å². The largest absolute Gasteiger partial charge is 0.508 e. The number of fused-ring (bicyclic) bond motifs is 6. The van der Waals surface area contributed by atoms with Gasteiger partial charge in [0.1, 0.15) is 53.0 Å². The van der Waals surface area contributed by atoms with Gasteiger partial charge in [-0.2, -0.15) is 0 Å². The van der Waals surface area contributed by atoms with Gasteiger partial charge < -0.3 is 59.1 Å². The van der Waals surface area contributed by atoms with Gasteiger partial charge in [0.25, 0.3) is 0 Å². The molecule has 0 radical (unpaired) electrons. The second-order valence-electron chi connectivity index (χ2n) is 19.2. The number of rotatable bonds is 13. The molecule has 13 heteroatoms. The summed E-state index contributed by atoms with van der Waals surface area (Å²) in [7, 11) is 1.67. The fraction of sp³-hybridized carbons (Fsp3) is 0.455. The summed E-state index contributed by atoms with van der Waals surface area (Å²) in [5, 5.41) is 71.3. The van der Waals surface area contributed by atoms with Crippen LogP contribution >= 0.6 is 0 Å². The summed E-state index contributed by atoms with van der Waals surface area (Å²) in [6, 6.07) is 23.1. The first-order chi connectivity index (χ1) is 33.2. The highest BCUT2D eigenvalue weighted by atomic mass is 16.5. The molecule has 0 unspecified atom stereocenters. The fourth-order valence-corrected chi connectivity index (χ4v) is 11.8. The minimum atomic E-state index is -1.10. The number of aliphatic hydroxyl groups is 3. The van der Waals surface area contributed by atoms with Gasteiger partial charge in [-0.1, -0.05) is 30.0 Å². The number of benzene rings is 5. The van der Waals surface area contributed by atoms with E-state index >= 15 is 0 Å². The molecule has 10 rings (SSSR count). The van der Waals surface area contributed by atoms with Crippen molar-refractivity contribution in [2.75, 3.05) is 40.3 Å². The van der Waals surface area contributed by atoms with Crippen LogP contribution in [0, 0.1) is 29.6 Å². The first kappa shape index (κ1) is 46.0. The van der Waals surface area contributed by atoms with Gasteiger partial charge in [0.15, 0.2) is 0 Å². The van der Waals surface area contributed by atoms with E-state index in [-0.39, 0.29) is 55.8 Å². The Morgan fingerprint density at radius 1 is 0.824 bits per heavy atom. The van der Waals surface area contributed by atoms with Crippen molar-refractivity contribution < 1.29 is 59.1 Å². The first-order valence-electron chi connectivity index (χ1n) is 24.1. The van der Waals surface area contributed by atoms with E-state index in [9.17, 15) is 30.6 Å². The number of aliphatic hydroxyl groups excluding tert-OH is 3. The summed E-state index contributed by atoms with van der Waals surface area (Å²) in [5.74, 6) is 7.51. The highest BCUT2D eigenvalue weighted by molar-refractivity contribution is 5.96. The lowest BCUT2D eigenvalue weighted by Crippen LogP contribution is -2.56. The third-order valence-electron chi connectivity index (χ3n) is 15.0. The Bertz CT molecular complexity index is 2690. The van der Waals surface area contributed by atoms with Crippen LogP contribution < -0.4 is 24.3 Å². The average molecular weight is 928 g/mol. The Balaban J connectivity index is 1.12. The van der Waals surface area contributed by atoms with Gasteiger partial charge in [-0.25, -0.2) is 0 Å². The molecule has 68 heavy (non-hydrogen) atoms. The van der Waals surface area contributed by atoms with E-state index in [2.05, 4.69) is 17.2 Å². The van der Waals surface area contributed by atoms with E-state index in [1.54, 1.807) is 49.6 Å². The molecule has 0 saturated heterocycles. The Labute approximate surface area is 396 Å². The summed E-state index contributed by atoms with van der Waals surface area (Å²) in [6.07, 6.45) is 4.10. The standard InChI is InChI=1S/C55H61NO12/c1-63-20-7-12-47-49(53-45-28-48(43-26-38(61)14-16-42(43)52(45)67-47)64-21-5-4-18-55(56-31-58)19-17-33(29-57)54(55)68-53)46-30-65-51-35(25-40(27-44(51)50(46)62)66-39-10-2-3-11-39)22-34-24-37(60)13-15-41(34)32-8-6-9-36(59)23-32/h6,8-9,13-16,23-28,33,39,46-47,49-50,53-54,56-62H,2-3,7,10-12,17-22,29-31H2,1H3/t33-,46-,47+,49-,50-,53+,54+,55-/m1/s1. The number of hydrogen-bond donors (Lipinski definition) is 7. The molecule has 5 aromatic rings. The van der Waals surface area contributed by atoms with Crippen molar-refractivity contribution in [3.8, 4) is 63.2 Å². The molecule has 7 N–H and O–H groups in total.